The minimum Gasteiger partial charge on any atom is -0.362 e. The van der Waals surface area contributed by atoms with Gasteiger partial charge in [-0.05, 0) is 43.8 Å². The molecule has 0 spiro atoms. The van der Waals surface area contributed by atoms with E-state index in [-0.39, 0.29) is 16.4 Å². The molecule has 0 fully saturated rings. The second kappa shape index (κ2) is 6.86. The van der Waals surface area contributed by atoms with E-state index >= 15 is 0 Å². The Bertz CT molecular complexity index is 751. The normalized spacial score (nSPS) is 11.3. The smallest absolute Gasteiger partial charge is 0.362 e. The molecule has 9 heteroatoms. The molecule has 23 heavy (non-hydrogen) atoms. The van der Waals surface area contributed by atoms with Crippen LogP contribution < -0.4 is 16.2 Å². The fraction of sp³-hybridized carbons (Fsp3) is 0.286. The molecule has 0 aliphatic heterocycles. The van der Waals surface area contributed by atoms with Crippen LogP contribution >= 0.6 is 12.2 Å². The number of halogens is 3. The van der Waals surface area contributed by atoms with Crippen LogP contribution in [-0.2, 0) is 12.6 Å². The molecular weight excluding hydrogens is 329 g/mol. The molecule has 1 aromatic carbocycles. The quantitative estimate of drug-likeness (QED) is 0.643. The minimum absolute atomic E-state index is 0.189. The Morgan fingerprint density at radius 3 is 2.65 bits per heavy atom. The average molecular weight is 344 g/mol. The maximum absolute atomic E-state index is 12.6. The number of H-pyrrole nitrogens is 2. The van der Waals surface area contributed by atoms with Gasteiger partial charge in [-0.3, -0.25) is 9.89 Å². The number of aryl methyl sites for hydroxylation is 1. The molecule has 0 unspecified atom stereocenters. The second-order valence-electron chi connectivity index (χ2n) is 4.89. The Kier molecular flexibility index (Phi) is 5.09. The maximum atomic E-state index is 12.6. The lowest BCUT2D eigenvalue weighted by Crippen LogP contribution is -2.31. The van der Waals surface area contributed by atoms with Crippen molar-refractivity contribution in [1.29, 1.82) is 0 Å². The van der Waals surface area contributed by atoms with Gasteiger partial charge in [0.1, 0.15) is 0 Å². The number of aromatic amines is 2. The number of hydrogen-bond acceptors (Lipinski definition) is 2. The summed E-state index contributed by atoms with van der Waals surface area (Å²) in [5.41, 5.74) is 0.654. The SMILES string of the molecule is Cc1[nH][nH]c(=O)c1CCNC(=S)Nc1cccc(C(F)(F)F)c1. The summed E-state index contributed by atoms with van der Waals surface area (Å²) in [4.78, 5) is 11.5. The molecule has 124 valence electrons. The minimum atomic E-state index is -4.40. The molecule has 5 nitrogen and oxygen atoms in total. The molecule has 0 amide bonds. The van der Waals surface area contributed by atoms with E-state index < -0.39 is 11.7 Å². The van der Waals surface area contributed by atoms with E-state index in [2.05, 4.69) is 20.8 Å². The van der Waals surface area contributed by atoms with Gasteiger partial charge >= 0.3 is 6.18 Å². The number of rotatable bonds is 4. The predicted octanol–water partition coefficient (Wildman–Crippen LogP) is 2.56. The molecule has 0 saturated heterocycles. The summed E-state index contributed by atoms with van der Waals surface area (Å²) in [5, 5.41) is 10.9. The molecule has 1 heterocycles. The van der Waals surface area contributed by atoms with Gasteiger partial charge in [-0.1, -0.05) is 6.07 Å². The number of nitrogens with one attached hydrogen (secondary N) is 4. The van der Waals surface area contributed by atoms with Crippen molar-refractivity contribution in [3.63, 3.8) is 0 Å². The van der Waals surface area contributed by atoms with Crippen LogP contribution in [0.3, 0.4) is 0 Å². The van der Waals surface area contributed by atoms with Crippen molar-refractivity contribution >= 4 is 23.0 Å². The summed E-state index contributed by atoms with van der Waals surface area (Å²) >= 11 is 5.04. The van der Waals surface area contributed by atoms with Crippen LogP contribution in [0.25, 0.3) is 0 Å². The van der Waals surface area contributed by atoms with Gasteiger partial charge in [-0.15, -0.1) is 0 Å². The third kappa shape index (κ3) is 4.59. The summed E-state index contributed by atoms with van der Waals surface area (Å²) in [6.45, 7) is 2.15. The molecule has 0 atom stereocenters. The summed E-state index contributed by atoms with van der Waals surface area (Å²) in [6.07, 6.45) is -3.96. The number of hydrogen-bond donors (Lipinski definition) is 4. The Hall–Kier alpha value is -2.29. The number of alkyl halides is 3. The standard InChI is InChI=1S/C14H15F3N4OS/c1-8-11(12(22)21-20-8)5-6-18-13(23)19-10-4-2-3-9(7-10)14(15,16)17/h2-4,7H,5-6H2,1H3,(H2,18,19,23)(H2,20,21,22). The highest BCUT2D eigenvalue weighted by molar-refractivity contribution is 7.80. The van der Waals surface area contributed by atoms with Crippen molar-refractivity contribution < 1.29 is 13.2 Å². The number of aromatic nitrogens is 2. The first-order chi connectivity index (χ1) is 10.8. The lowest BCUT2D eigenvalue weighted by Gasteiger charge is -2.12. The zero-order valence-corrected chi connectivity index (χ0v) is 13.0. The molecule has 0 aliphatic rings. The topological polar surface area (TPSA) is 72.7 Å². The van der Waals surface area contributed by atoms with E-state index in [0.717, 1.165) is 17.8 Å². The van der Waals surface area contributed by atoms with Crippen LogP contribution in [0.2, 0.25) is 0 Å². The first-order valence-corrected chi connectivity index (χ1v) is 7.16. The molecule has 0 bridgehead atoms. The van der Waals surface area contributed by atoms with E-state index in [1.165, 1.54) is 12.1 Å². The van der Waals surface area contributed by atoms with Gasteiger partial charge in [0.25, 0.3) is 5.56 Å². The molecule has 2 aromatic rings. The van der Waals surface area contributed by atoms with Crippen LogP contribution in [0.1, 0.15) is 16.8 Å². The zero-order valence-electron chi connectivity index (χ0n) is 12.2. The molecule has 1 aromatic heterocycles. The lowest BCUT2D eigenvalue weighted by atomic mass is 10.2. The van der Waals surface area contributed by atoms with Gasteiger partial charge in [0.2, 0.25) is 0 Å². The monoisotopic (exact) mass is 344 g/mol. The van der Waals surface area contributed by atoms with Crippen molar-refractivity contribution in [1.82, 2.24) is 15.5 Å². The number of anilines is 1. The third-order valence-electron chi connectivity index (χ3n) is 3.20. The Balaban J connectivity index is 1.89. The summed E-state index contributed by atoms with van der Waals surface area (Å²) in [6, 6.07) is 4.76. The highest BCUT2D eigenvalue weighted by atomic mass is 32.1. The summed E-state index contributed by atoms with van der Waals surface area (Å²) in [7, 11) is 0. The Labute approximate surface area is 135 Å². The average Bonchev–Trinajstić information content (AvgIpc) is 2.78. The highest BCUT2D eigenvalue weighted by Gasteiger charge is 2.30. The first-order valence-electron chi connectivity index (χ1n) is 6.75. The van der Waals surface area contributed by atoms with Crippen LogP contribution in [0.5, 0.6) is 0 Å². The van der Waals surface area contributed by atoms with Crippen LogP contribution in [-0.4, -0.2) is 21.9 Å². The fourth-order valence-electron chi connectivity index (χ4n) is 2.02. The van der Waals surface area contributed by atoms with Gasteiger partial charge in [-0.2, -0.15) is 13.2 Å². The molecule has 0 aliphatic carbocycles. The van der Waals surface area contributed by atoms with E-state index in [9.17, 15) is 18.0 Å². The summed E-state index contributed by atoms with van der Waals surface area (Å²) in [5.74, 6) is 0. The zero-order chi connectivity index (χ0) is 17.0. The molecule has 0 radical (unpaired) electrons. The van der Waals surface area contributed by atoms with Gasteiger partial charge < -0.3 is 15.7 Å². The first kappa shape index (κ1) is 17.1. The van der Waals surface area contributed by atoms with Crippen molar-refractivity contribution in [3.8, 4) is 0 Å². The van der Waals surface area contributed by atoms with Crippen molar-refractivity contribution in [2.45, 2.75) is 19.5 Å². The predicted molar refractivity (Wildman–Crippen MR) is 85.5 cm³/mol. The van der Waals surface area contributed by atoms with Crippen molar-refractivity contribution in [2.24, 2.45) is 0 Å². The van der Waals surface area contributed by atoms with Crippen LogP contribution in [0, 0.1) is 6.92 Å². The molecule has 4 N–H and O–H groups in total. The van der Waals surface area contributed by atoms with Gasteiger partial charge in [0, 0.05) is 23.5 Å². The Morgan fingerprint density at radius 2 is 2.04 bits per heavy atom. The van der Waals surface area contributed by atoms with Crippen LogP contribution in [0.4, 0.5) is 18.9 Å². The summed E-state index contributed by atoms with van der Waals surface area (Å²) < 4.78 is 37.9. The van der Waals surface area contributed by atoms with E-state index in [4.69, 9.17) is 12.2 Å². The number of thiocarbonyl (C=S) groups is 1. The fourth-order valence-corrected chi connectivity index (χ4v) is 2.24. The lowest BCUT2D eigenvalue weighted by molar-refractivity contribution is -0.137. The van der Waals surface area contributed by atoms with E-state index in [0.29, 0.717) is 18.5 Å². The van der Waals surface area contributed by atoms with E-state index in [1.54, 1.807) is 6.92 Å². The van der Waals surface area contributed by atoms with Gasteiger partial charge in [-0.25, -0.2) is 0 Å². The second-order valence-corrected chi connectivity index (χ2v) is 5.30. The van der Waals surface area contributed by atoms with Gasteiger partial charge in [0.15, 0.2) is 5.11 Å². The highest BCUT2D eigenvalue weighted by Crippen LogP contribution is 2.30. The van der Waals surface area contributed by atoms with Crippen molar-refractivity contribution in [3.05, 3.63) is 51.4 Å². The molecule has 0 saturated carbocycles. The third-order valence-corrected chi connectivity index (χ3v) is 3.45. The maximum Gasteiger partial charge on any atom is 0.416 e. The van der Waals surface area contributed by atoms with Crippen LogP contribution in [0.15, 0.2) is 29.1 Å². The Morgan fingerprint density at radius 1 is 1.30 bits per heavy atom. The molecule has 2 rings (SSSR count). The van der Waals surface area contributed by atoms with E-state index in [1.807, 2.05) is 0 Å². The largest absolute Gasteiger partial charge is 0.416 e. The van der Waals surface area contributed by atoms with Crippen molar-refractivity contribution in [2.75, 3.05) is 11.9 Å². The number of benzene rings is 1. The molecular formula is C14H15F3N4OS. The van der Waals surface area contributed by atoms with Gasteiger partial charge in [0.05, 0.1) is 5.56 Å².